The number of rotatable bonds is 10. The normalized spacial score (nSPS) is 11.9. The van der Waals surface area contributed by atoms with Crippen molar-refractivity contribution in [2.24, 2.45) is 0 Å². The molecule has 30 heavy (non-hydrogen) atoms. The second kappa shape index (κ2) is 10.1. The number of benzene rings is 3. The molecule has 0 saturated heterocycles. The van der Waals surface area contributed by atoms with E-state index in [1.807, 2.05) is 26.0 Å². The fourth-order valence-electron chi connectivity index (χ4n) is 3.57. The minimum atomic E-state index is 0.0401. The quantitative estimate of drug-likeness (QED) is 0.298. The molecule has 0 bridgehead atoms. The zero-order chi connectivity index (χ0) is 21.6. The largest absolute Gasteiger partial charge is 0.490 e. The zero-order valence-corrected chi connectivity index (χ0v) is 18.9. The summed E-state index contributed by atoms with van der Waals surface area (Å²) < 4.78 is 23.5. The Hall–Kier alpha value is -2.30. The smallest absolute Gasteiger partial charge is 0.135 e. The average molecular weight is 411 g/mol. The molecule has 0 saturated carbocycles. The summed E-state index contributed by atoms with van der Waals surface area (Å²) in [7, 11) is 0. The summed E-state index contributed by atoms with van der Waals surface area (Å²) in [6, 6.07) is 14.9. The van der Waals surface area contributed by atoms with Gasteiger partial charge in [0, 0.05) is 34.8 Å². The second-order valence-electron chi connectivity index (χ2n) is 8.30. The van der Waals surface area contributed by atoms with Crippen LogP contribution in [0.2, 0.25) is 0 Å². The molecule has 0 spiro atoms. The molecule has 0 fully saturated rings. The molecule has 0 radical (unpaired) electrons. The number of ether oxygens (including phenoxy) is 4. The third-order valence-corrected chi connectivity index (χ3v) is 5.15. The van der Waals surface area contributed by atoms with Crippen LogP contribution < -0.4 is 9.47 Å². The first kappa shape index (κ1) is 22.4. The summed E-state index contributed by atoms with van der Waals surface area (Å²) in [5, 5.41) is 4.24. The van der Waals surface area contributed by atoms with Crippen molar-refractivity contribution in [1.29, 1.82) is 0 Å². The van der Waals surface area contributed by atoms with Crippen LogP contribution in [0.4, 0.5) is 0 Å². The van der Waals surface area contributed by atoms with Gasteiger partial charge in [0.1, 0.15) is 24.7 Å². The van der Waals surface area contributed by atoms with E-state index in [4.69, 9.17) is 18.9 Å². The molecule has 0 amide bonds. The maximum atomic E-state index is 6.30. The Morgan fingerprint density at radius 2 is 1.13 bits per heavy atom. The van der Waals surface area contributed by atoms with Crippen molar-refractivity contribution in [3.05, 3.63) is 48.0 Å². The summed E-state index contributed by atoms with van der Waals surface area (Å²) in [6.45, 7) is 14.2. The lowest BCUT2D eigenvalue weighted by Crippen LogP contribution is -2.12. The van der Waals surface area contributed by atoms with E-state index in [0.717, 1.165) is 33.0 Å². The van der Waals surface area contributed by atoms with Gasteiger partial charge in [-0.15, -0.1) is 0 Å². The lowest BCUT2D eigenvalue weighted by Gasteiger charge is -2.22. The summed E-state index contributed by atoms with van der Waals surface area (Å²) in [5.74, 6) is 1.78. The van der Waals surface area contributed by atoms with E-state index < -0.39 is 0 Å². The predicted molar refractivity (Wildman–Crippen MR) is 124 cm³/mol. The highest BCUT2D eigenvalue weighted by molar-refractivity contribution is 6.11. The van der Waals surface area contributed by atoms with E-state index in [1.165, 1.54) is 5.56 Å². The van der Waals surface area contributed by atoms with E-state index in [2.05, 4.69) is 51.1 Å². The van der Waals surface area contributed by atoms with E-state index in [-0.39, 0.29) is 5.41 Å². The van der Waals surface area contributed by atoms with Crippen molar-refractivity contribution < 1.29 is 18.9 Å². The van der Waals surface area contributed by atoms with Crippen LogP contribution in [-0.4, -0.2) is 39.6 Å². The van der Waals surface area contributed by atoms with Gasteiger partial charge in [-0.05, 0) is 30.9 Å². The maximum absolute atomic E-state index is 6.30. The van der Waals surface area contributed by atoms with Gasteiger partial charge in [0.15, 0.2) is 0 Å². The van der Waals surface area contributed by atoms with Gasteiger partial charge in [-0.3, -0.25) is 0 Å². The van der Waals surface area contributed by atoms with E-state index in [1.54, 1.807) is 0 Å². The van der Waals surface area contributed by atoms with Gasteiger partial charge in [-0.25, -0.2) is 0 Å². The molecule has 0 atom stereocenters. The molecule has 0 aliphatic carbocycles. The summed E-state index contributed by atoms with van der Waals surface area (Å²) >= 11 is 0. The van der Waals surface area contributed by atoms with Crippen molar-refractivity contribution in [2.75, 3.05) is 39.6 Å². The highest BCUT2D eigenvalue weighted by atomic mass is 16.5. The summed E-state index contributed by atoms with van der Waals surface area (Å²) in [5.41, 5.74) is 1.30. The maximum Gasteiger partial charge on any atom is 0.135 e. The summed E-state index contributed by atoms with van der Waals surface area (Å²) in [6.07, 6.45) is 0. The number of fused-ring (bicyclic) bond motifs is 2. The van der Waals surface area contributed by atoms with Gasteiger partial charge in [0.25, 0.3) is 0 Å². The molecule has 0 aliphatic rings. The highest BCUT2D eigenvalue weighted by Crippen LogP contribution is 2.44. The van der Waals surface area contributed by atoms with Crippen molar-refractivity contribution in [3.63, 3.8) is 0 Å². The lowest BCUT2D eigenvalue weighted by molar-refractivity contribution is 0.110. The van der Waals surface area contributed by atoms with Gasteiger partial charge < -0.3 is 18.9 Å². The molecule has 0 aliphatic heterocycles. The standard InChI is InChI=1S/C26H34O4/c1-6-27-14-16-29-24-20-10-8-9-11-21(20)25(30-17-15-28-7-2)23-18-19(26(3,4)5)12-13-22(23)24/h8-13,18H,6-7,14-17H2,1-5H3. The molecule has 3 aromatic carbocycles. The minimum Gasteiger partial charge on any atom is -0.490 e. The Kier molecular flexibility index (Phi) is 7.57. The first-order valence-electron chi connectivity index (χ1n) is 10.9. The third-order valence-electron chi connectivity index (χ3n) is 5.15. The van der Waals surface area contributed by atoms with E-state index >= 15 is 0 Å². The van der Waals surface area contributed by atoms with Crippen LogP contribution in [0.25, 0.3) is 21.5 Å². The SMILES string of the molecule is CCOCCOc1c2ccccc2c(OCCOCC)c2cc(C(C)(C)C)ccc12. The highest BCUT2D eigenvalue weighted by Gasteiger charge is 2.20. The van der Waals surface area contributed by atoms with E-state index in [9.17, 15) is 0 Å². The lowest BCUT2D eigenvalue weighted by atomic mass is 9.85. The van der Waals surface area contributed by atoms with Crippen LogP contribution >= 0.6 is 0 Å². The Morgan fingerprint density at radius 3 is 1.63 bits per heavy atom. The fourth-order valence-corrected chi connectivity index (χ4v) is 3.57. The number of hydrogen-bond acceptors (Lipinski definition) is 4. The Morgan fingerprint density at radius 1 is 0.633 bits per heavy atom. The fraction of sp³-hybridized carbons (Fsp3) is 0.462. The minimum absolute atomic E-state index is 0.0401. The van der Waals surface area contributed by atoms with Crippen LogP contribution in [0.1, 0.15) is 40.2 Å². The molecular weight excluding hydrogens is 376 g/mol. The Balaban J connectivity index is 2.16. The zero-order valence-electron chi connectivity index (χ0n) is 18.9. The van der Waals surface area contributed by atoms with Crippen LogP contribution in [0.3, 0.4) is 0 Å². The van der Waals surface area contributed by atoms with Crippen LogP contribution in [-0.2, 0) is 14.9 Å². The topological polar surface area (TPSA) is 36.9 Å². The second-order valence-corrected chi connectivity index (χ2v) is 8.30. The molecule has 3 aromatic rings. The summed E-state index contributed by atoms with van der Waals surface area (Å²) in [4.78, 5) is 0. The van der Waals surface area contributed by atoms with Crippen LogP contribution in [0, 0.1) is 0 Å². The van der Waals surface area contributed by atoms with Gasteiger partial charge >= 0.3 is 0 Å². The van der Waals surface area contributed by atoms with Gasteiger partial charge in [0.05, 0.1) is 13.2 Å². The monoisotopic (exact) mass is 410 g/mol. The van der Waals surface area contributed by atoms with Crippen LogP contribution in [0.15, 0.2) is 42.5 Å². The molecule has 162 valence electrons. The molecule has 0 heterocycles. The van der Waals surface area contributed by atoms with Gasteiger partial charge in [-0.2, -0.15) is 0 Å². The molecule has 4 nitrogen and oxygen atoms in total. The first-order valence-corrected chi connectivity index (χ1v) is 10.9. The predicted octanol–water partition coefficient (Wildman–Crippen LogP) is 6.12. The van der Waals surface area contributed by atoms with Crippen molar-refractivity contribution in [1.82, 2.24) is 0 Å². The molecular formula is C26H34O4. The molecule has 0 aromatic heterocycles. The Labute approximate surface area is 180 Å². The van der Waals surface area contributed by atoms with Crippen molar-refractivity contribution in [3.8, 4) is 11.5 Å². The van der Waals surface area contributed by atoms with Crippen molar-refractivity contribution >= 4 is 21.5 Å². The van der Waals surface area contributed by atoms with Crippen molar-refractivity contribution in [2.45, 2.75) is 40.0 Å². The van der Waals surface area contributed by atoms with Gasteiger partial charge in [0.2, 0.25) is 0 Å². The van der Waals surface area contributed by atoms with Crippen LogP contribution in [0.5, 0.6) is 11.5 Å². The molecule has 3 rings (SSSR count). The third kappa shape index (κ3) is 5.05. The van der Waals surface area contributed by atoms with E-state index in [0.29, 0.717) is 39.6 Å². The average Bonchev–Trinajstić information content (AvgIpc) is 2.73. The Bertz CT molecular complexity index is 972. The molecule has 0 N–H and O–H groups in total. The first-order chi connectivity index (χ1) is 14.5. The molecule has 0 unspecified atom stereocenters. The number of hydrogen-bond donors (Lipinski definition) is 0. The van der Waals surface area contributed by atoms with Gasteiger partial charge in [-0.1, -0.05) is 57.2 Å². The molecule has 4 heteroatoms.